The number of aryl methyl sites for hydroxylation is 1. The predicted octanol–water partition coefficient (Wildman–Crippen LogP) is 2.58. The Morgan fingerprint density at radius 1 is 1.38 bits per heavy atom. The maximum atomic E-state index is 11.7. The monoisotopic (exact) mass is 304 g/mol. The Bertz CT molecular complexity index is 597. The van der Waals surface area contributed by atoms with Gasteiger partial charge in [-0.1, -0.05) is 43.3 Å². The van der Waals surface area contributed by atoms with Crippen molar-refractivity contribution >= 4 is 17.7 Å². The molecule has 0 spiro atoms. The second kappa shape index (κ2) is 7.83. The van der Waals surface area contributed by atoms with Crippen LogP contribution in [0.4, 0.5) is 0 Å². The van der Waals surface area contributed by atoms with E-state index in [-0.39, 0.29) is 5.91 Å². The number of para-hydroxylation sites is 1. The van der Waals surface area contributed by atoms with Gasteiger partial charge in [0.1, 0.15) is 6.33 Å². The third kappa shape index (κ3) is 4.32. The average molecular weight is 304 g/mol. The number of unbranched alkanes of at least 4 members (excludes halogenated alkanes) is 1. The van der Waals surface area contributed by atoms with Crippen LogP contribution in [-0.4, -0.2) is 33.0 Å². The number of rotatable bonds is 7. The minimum absolute atomic E-state index is 0.0350. The Labute approximate surface area is 129 Å². The van der Waals surface area contributed by atoms with Crippen LogP contribution in [0, 0.1) is 6.92 Å². The maximum Gasteiger partial charge on any atom is 0.230 e. The van der Waals surface area contributed by atoms with Gasteiger partial charge in [0.05, 0.1) is 11.4 Å². The molecule has 6 heteroatoms. The van der Waals surface area contributed by atoms with E-state index in [0.717, 1.165) is 35.8 Å². The number of hydrogen-bond acceptors (Lipinski definition) is 4. The lowest BCUT2D eigenvalue weighted by Gasteiger charge is -2.09. The number of benzene rings is 1. The van der Waals surface area contributed by atoms with E-state index in [2.05, 4.69) is 22.4 Å². The Morgan fingerprint density at radius 3 is 2.95 bits per heavy atom. The number of amides is 1. The highest BCUT2D eigenvalue weighted by atomic mass is 32.2. The molecule has 1 N–H and O–H groups in total. The van der Waals surface area contributed by atoms with Gasteiger partial charge < -0.3 is 5.32 Å². The van der Waals surface area contributed by atoms with Crippen LogP contribution in [0.1, 0.15) is 25.3 Å². The molecule has 1 aromatic carbocycles. The van der Waals surface area contributed by atoms with Crippen LogP contribution >= 0.6 is 11.8 Å². The summed E-state index contributed by atoms with van der Waals surface area (Å²) in [4.78, 5) is 11.7. The summed E-state index contributed by atoms with van der Waals surface area (Å²) in [6, 6.07) is 8.04. The summed E-state index contributed by atoms with van der Waals surface area (Å²) in [7, 11) is 0. The zero-order chi connectivity index (χ0) is 15.1. The topological polar surface area (TPSA) is 59.8 Å². The molecule has 0 saturated heterocycles. The molecule has 112 valence electrons. The van der Waals surface area contributed by atoms with Gasteiger partial charge in [-0.05, 0) is 25.0 Å². The molecule has 1 amide bonds. The van der Waals surface area contributed by atoms with Crippen LogP contribution in [0.25, 0.3) is 5.69 Å². The molecule has 21 heavy (non-hydrogen) atoms. The Balaban J connectivity index is 1.98. The normalized spacial score (nSPS) is 10.6. The van der Waals surface area contributed by atoms with Crippen molar-refractivity contribution in [2.24, 2.45) is 0 Å². The predicted molar refractivity (Wildman–Crippen MR) is 84.7 cm³/mol. The van der Waals surface area contributed by atoms with Gasteiger partial charge in [-0.2, -0.15) is 0 Å². The van der Waals surface area contributed by atoms with E-state index in [1.807, 2.05) is 35.8 Å². The zero-order valence-electron chi connectivity index (χ0n) is 12.4. The lowest BCUT2D eigenvalue weighted by molar-refractivity contribution is -0.118. The second-order valence-electron chi connectivity index (χ2n) is 4.76. The van der Waals surface area contributed by atoms with Crippen molar-refractivity contribution in [1.82, 2.24) is 20.1 Å². The summed E-state index contributed by atoms with van der Waals surface area (Å²) in [5.41, 5.74) is 2.18. The number of thioether (sulfide) groups is 1. The van der Waals surface area contributed by atoms with Crippen molar-refractivity contribution in [3.8, 4) is 5.69 Å². The van der Waals surface area contributed by atoms with Crippen molar-refractivity contribution in [1.29, 1.82) is 0 Å². The smallest absolute Gasteiger partial charge is 0.230 e. The first-order valence-electron chi connectivity index (χ1n) is 7.08. The molecule has 0 saturated carbocycles. The third-order valence-corrected chi connectivity index (χ3v) is 4.02. The van der Waals surface area contributed by atoms with Gasteiger partial charge in [0, 0.05) is 6.54 Å². The fourth-order valence-electron chi connectivity index (χ4n) is 1.91. The lowest BCUT2D eigenvalue weighted by atomic mass is 10.2. The second-order valence-corrected chi connectivity index (χ2v) is 5.70. The average Bonchev–Trinajstić information content (AvgIpc) is 2.94. The van der Waals surface area contributed by atoms with Crippen LogP contribution in [0.2, 0.25) is 0 Å². The molecular formula is C15H20N4OS. The molecule has 0 bridgehead atoms. The number of carbonyl (C=O) groups is 1. The number of aromatic nitrogens is 3. The quantitative estimate of drug-likeness (QED) is 0.631. The summed E-state index contributed by atoms with van der Waals surface area (Å²) < 4.78 is 1.92. The van der Waals surface area contributed by atoms with Crippen molar-refractivity contribution in [2.45, 2.75) is 31.8 Å². The largest absolute Gasteiger partial charge is 0.355 e. The molecule has 0 fully saturated rings. The van der Waals surface area contributed by atoms with Gasteiger partial charge in [-0.25, -0.2) is 0 Å². The van der Waals surface area contributed by atoms with Gasteiger partial charge in [-0.15, -0.1) is 10.2 Å². The number of nitrogens with one attached hydrogen (secondary N) is 1. The van der Waals surface area contributed by atoms with Crippen molar-refractivity contribution < 1.29 is 4.79 Å². The van der Waals surface area contributed by atoms with Crippen molar-refractivity contribution in [3.63, 3.8) is 0 Å². The number of carbonyl (C=O) groups excluding carboxylic acids is 1. The lowest BCUT2D eigenvalue weighted by Crippen LogP contribution is -2.26. The molecule has 0 unspecified atom stereocenters. The first kappa shape index (κ1) is 15.6. The molecule has 1 heterocycles. The van der Waals surface area contributed by atoms with E-state index in [1.54, 1.807) is 6.33 Å². The van der Waals surface area contributed by atoms with Gasteiger partial charge >= 0.3 is 0 Å². The van der Waals surface area contributed by atoms with E-state index in [9.17, 15) is 4.79 Å². The minimum Gasteiger partial charge on any atom is -0.355 e. The molecule has 2 rings (SSSR count). The molecule has 0 aliphatic rings. The minimum atomic E-state index is 0.0350. The van der Waals surface area contributed by atoms with Crippen molar-refractivity contribution in [3.05, 3.63) is 36.2 Å². The first-order valence-corrected chi connectivity index (χ1v) is 8.06. The molecule has 0 aliphatic heterocycles. The highest BCUT2D eigenvalue weighted by Crippen LogP contribution is 2.21. The van der Waals surface area contributed by atoms with Crippen LogP contribution in [0.3, 0.4) is 0 Å². The van der Waals surface area contributed by atoms with Gasteiger partial charge in [0.25, 0.3) is 0 Å². The Kier molecular flexibility index (Phi) is 5.80. The summed E-state index contributed by atoms with van der Waals surface area (Å²) in [5, 5.41) is 11.7. The molecule has 0 radical (unpaired) electrons. The fraction of sp³-hybridized carbons (Fsp3) is 0.400. The third-order valence-electron chi connectivity index (χ3n) is 3.08. The Morgan fingerprint density at radius 2 is 2.19 bits per heavy atom. The van der Waals surface area contributed by atoms with E-state index >= 15 is 0 Å². The number of nitrogens with zero attached hydrogens (tertiary/aromatic N) is 3. The fourth-order valence-corrected chi connectivity index (χ4v) is 2.66. The van der Waals surface area contributed by atoms with Crippen molar-refractivity contribution in [2.75, 3.05) is 12.3 Å². The SMILES string of the molecule is CCCCNC(=O)CSc1nncn1-c1ccccc1C. The Hall–Kier alpha value is -1.82. The standard InChI is InChI=1S/C15H20N4OS/c1-3-4-9-16-14(20)10-21-15-18-17-11-19(15)13-8-6-5-7-12(13)2/h5-8,11H,3-4,9-10H2,1-2H3,(H,16,20). The van der Waals surface area contributed by atoms with Gasteiger partial charge in [0.2, 0.25) is 5.91 Å². The molecule has 5 nitrogen and oxygen atoms in total. The maximum absolute atomic E-state index is 11.7. The van der Waals surface area contributed by atoms with E-state index < -0.39 is 0 Å². The molecule has 1 aromatic heterocycles. The van der Waals surface area contributed by atoms with E-state index in [0.29, 0.717) is 5.75 Å². The highest BCUT2D eigenvalue weighted by Gasteiger charge is 2.11. The summed E-state index contributed by atoms with van der Waals surface area (Å²) >= 11 is 1.40. The summed E-state index contributed by atoms with van der Waals surface area (Å²) in [5.74, 6) is 0.390. The molecule has 0 atom stereocenters. The van der Waals surface area contributed by atoms with E-state index in [4.69, 9.17) is 0 Å². The molecule has 2 aromatic rings. The highest BCUT2D eigenvalue weighted by molar-refractivity contribution is 7.99. The zero-order valence-corrected chi connectivity index (χ0v) is 13.2. The van der Waals surface area contributed by atoms with Crippen LogP contribution < -0.4 is 5.32 Å². The van der Waals surface area contributed by atoms with Crippen LogP contribution in [-0.2, 0) is 4.79 Å². The van der Waals surface area contributed by atoms with E-state index in [1.165, 1.54) is 11.8 Å². The number of hydrogen-bond donors (Lipinski definition) is 1. The van der Waals surface area contributed by atoms with Gasteiger partial charge in [-0.3, -0.25) is 9.36 Å². The summed E-state index contributed by atoms with van der Waals surface area (Å²) in [6.45, 7) is 4.88. The molecule has 0 aliphatic carbocycles. The summed E-state index contributed by atoms with van der Waals surface area (Å²) in [6.07, 6.45) is 3.77. The molecular weight excluding hydrogens is 284 g/mol. The van der Waals surface area contributed by atoms with Gasteiger partial charge in [0.15, 0.2) is 5.16 Å². The van der Waals surface area contributed by atoms with Crippen LogP contribution in [0.5, 0.6) is 0 Å². The first-order chi connectivity index (χ1) is 10.2. The van der Waals surface area contributed by atoms with Crippen LogP contribution in [0.15, 0.2) is 35.7 Å².